The number of rotatable bonds is 7. The molecule has 2 heterocycles. The number of hydrogen-bond donors (Lipinski definition) is 0. The minimum absolute atomic E-state index is 0.00753. The molecular weight excluding hydrogens is 371 g/mol. The number of alkyl halides is 1. The maximum atomic E-state index is 13.9. The zero-order valence-electron chi connectivity index (χ0n) is 15.2. The van der Waals surface area contributed by atoms with Gasteiger partial charge in [0.25, 0.3) is 0 Å². The van der Waals surface area contributed by atoms with Gasteiger partial charge in [-0.1, -0.05) is 18.7 Å². The third kappa shape index (κ3) is 5.09. The van der Waals surface area contributed by atoms with Crippen molar-refractivity contribution in [1.29, 1.82) is 0 Å². The maximum Gasteiger partial charge on any atom is 0.316 e. The Kier molecular flexibility index (Phi) is 6.28. The van der Waals surface area contributed by atoms with Crippen LogP contribution in [0.15, 0.2) is 48.8 Å². The topological polar surface area (TPSA) is 55.3 Å². The molecule has 1 aliphatic rings. The van der Waals surface area contributed by atoms with Gasteiger partial charge in [-0.25, -0.2) is 23.1 Å². The van der Waals surface area contributed by atoms with E-state index in [0.29, 0.717) is 17.6 Å². The van der Waals surface area contributed by atoms with Crippen molar-refractivity contribution in [3.63, 3.8) is 0 Å². The summed E-state index contributed by atoms with van der Waals surface area (Å²) in [6.45, 7) is 3.91. The van der Waals surface area contributed by atoms with Crippen molar-refractivity contribution in [2.24, 2.45) is 0 Å². The van der Waals surface area contributed by atoms with Gasteiger partial charge < -0.3 is 9.64 Å². The van der Waals surface area contributed by atoms with Crippen LogP contribution in [0, 0.1) is 11.6 Å². The molecule has 2 unspecified atom stereocenters. The Hall–Kier alpha value is -2.90. The van der Waals surface area contributed by atoms with Crippen molar-refractivity contribution in [3.8, 4) is 6.01 Å². The molecule has 0 N–H and O–H groups in total. The molecule has 2 atom stereocenters. The van der Waals surface area contributed by atoms with E-state index in [0.717, 1.165) is 12.4 Å². The summed E-state index contributed by atoms with van der Waals surface area (Å²) >= 11 is 0. The molecule has 0 spiro atoms. The van der Waals surface area contributed by atoms with Gasteiger partial charge in [-0.15, -0.1) is 0 Å². The van der Waals surface area contributed by atoms with Crippen molar-refractivity contribution in [2.75, 3.05) is 13.2 Å². The van der Waals surface area contributed by atoms with Crippen LogP contribution < -0.4 is 4.74 Å². The van der Waals surface area contributed by atoms with Crippen molar-refractivity contribution in [2.45, 2.75) is 31.5 Å². The number of likely N-dealkylation sites (tertiary alicyclic amines) is 1. The molecule has 3 rings (SSSR count). The molecule has 0 aliphatic carbocycles. The number of benzene rings is 1. The number of carbonyl (C=O) groups excluding carboxylic acids is 1. The van der Waals surface area contributed by atoms with E-state index >= 15 is 0 Å². The van der Waals surface area contributed by atoms with Crippen LogP contribution in [0.1, 0.15) is 30.9 Å². The smallest absolute Gasteiger partial charge is 0.316 e. The quantitative estimate of drug-likeness (QED) is 0.674. The fourth-order valence-corrected chi connectivity index (χ4v) is 3.13. The Morgan fingerprint density at radius 3 is 2.68 bits per heavy atom. The molecule has 1 saturated heterocycles. The monoisotopic (exact) mass is 391 g/mol. The molecule has 8 heteroatoms. The van der Waals surface area contributed by atoms with E-state index in [2.05, 4.69) is 16.5 Å². The van der Waals surface area contributed by atoms with Crippen molar-refractivity contribution < 1.29 is 22.7 Å². The number of carbonyl (C=O) groups is 1. The minimum atomic E-state index is -1.14. The van der Waals surface area contributed by atoms with Crippen LogP contribution in [0.3, 0.4) is 0 Å². The first-order valence-corrected chi connectivity index (χ1v) is 8.88. The molecule has 1 amide bonds. The van der Waals surface area contributed by atoms with Crippen LogP contribution >= 0.6 is 0 Å². The molecular formula is C20H20F3N3O2. The summed E-state index contributed by atoms with van der Waals surface area (Å²) in [5, 5.41) is 0. The summed E-state index contributed by atoms with van der Waals surface area (Å²) in [6.07, 6.45) is 1.46. The lowest BCUT2D eigenvalue weighted by Gasteiger charge is -2.25. The highest BCUT2D eigenvalue weighted by Gasteiger charge is 2.36. The van der Waals surface area contributed by atoms with Crippen molar-refractivity contribution in [3.05, 3.63) is 66.0 Å². The average Bonchev–Trinajstić information content (AvgIpc) is 3.07. The van der Waals surface area contributed by atoms with Crippen molar-refractivity contribution in [1.82, 2.24) is 14.9 Å². The molecule has 1 aliphatic heterocycles. The van der Waals surface area contributed by atoms with E-state index in [9.17, 15) is 18.0 Å². The molecule has 148 valence electrons. The second-order valence-electron chi connectivity index (χ2n) is 6.67. The number of hydrogen-bond acceptors (Lipinski definition) is 4. The first kappa shape index (κ1) is 19.9. The van der Waals surface area contributed by atoms with Crippen LogP contribution in [0.25, 0.3) is 0 Å². The van der Waals surface area contributed by atoms with Gasteiger partial charge in [0.2, 0.25) is 5.91 Å². The van der Waals surface area contributed by atoms with Crippen LogP contribution in [0.4, 0.5) is 13.2 Å². The van der Waals surface area contributed by atoms with Crippen molar-refractivity contribution >= 4 is 5.91 Å². The SMILES string of the molecule is C=C(CCC(=O)N1CC(F)CC1c1cccc(F)c1)COc1ncc(F)cn1. The lowest BCUT2D eigenvalue weighted by atomic mass is 10.0. The Bertz CT molecular complexity index is 845. The highest BCUT2D eigenvalue weighted by atomic mass is 19.1. The zero-order valence-corrected chi connectivity index (χ0v) is 15.2. The highest BCUT2D eigenvalue weighted by Crippen LogP contribution is 2.34. The standard InChI is InChI=1S/C20H20F3N3O2/c1-13(12-28-20-24-9-17(23)10-25-20)5-6-19(27)26-11-16(22)8-18(26)14-3-2-4-15(21)7-14/h2-4,7,9-10,16,18H,1,5-6,8,11-12H2. The van der Waals surface area contributed by atoms with Crippen LogP contribution in [0.2, 0.25) is 0 Å². The largest absolute Gasteiger partial charge is 0.459 e. The lowest BCUT2D eigenvalue weighted by Crippen LogP contribution is -2.31. The van der Waals surface area contributed by atoms with Gasteiger partial charge in [0.1, 0.15) is 18.6 Å². The second-order valence-corrected chi connectivity index (χ2v) is 6.67. The Balaban J connectivity index is 1.52. The molecule has 1 aromatic carbocycles. The second kappa shape index (κ2) is 8.86. The average molecular weight is 391 g/mol. The number of halogens is 3. The summed E-state index contributed by atoms with van der Waals surface area (Å²) < 4.78 is 45.5. The fraction of sp³-hybridized carbons (Fsp3) is 0.350. The molecule has 2 aromatic rings. The first-order valence-electron chi connectivity index (χ1n) is 8.88. The predicted octanol–water partition coefficient (Wildman–Crippen LogP) is 3.78. The first-order chi connectivity index (χ1) is 13.4. The summed E-state index contributed by atoms with van der Waals surface area (Å²) in [5.41, 5.74) is 1.21. The van der Waals surface area contributed by atoms with E-state index in [-0.39, 0.29) is 37.9 Å². The molecule has 28 heavy (non-hydrogen) atoms. The molecule has 0 saturated carbocycles. The van der Waals surface area contributed by atoms with Gasteiger partial charge in [-0.3, -0.25) is 4.79 Å². The highest BCUT2D eigenvalue weighted by molar-refractivity contribution is 5.77. The minimum Gasteiger partial charge on any atom is -0.459 e. The molecule has 1 aromatic heterocycles. The van der Waals surface area contributed by atoms with Crippen LogP contribution in [-0.2, 0) is 4.79 Å². The third-order valence-electron chi connectivity index (χ3n) is 4.50. The van der Waals surface area contributed by atoms with Gasteiger partial charge in [-0.2, -0.15) is 0 Å². The van der Waals surface area contributed by atoms with Gasteiger partial charge in [0, 0.05) is 12.8 Å². The predicted molar refractivity (Wildman–Crippen MR) is 96.2 cm³/mol. The molecule has 0 bridgehead atoms. The Labute approximate surface area is 160 Å². The zero-order chi connectivity index (χ0) is 20.1. The van der Waals surface area contributed by atoms with E-state index in [1.807, 2.05) is 0 Å². The lowest BCUT2D eigenvalue weighted by molar-refractivity contribution is -0.132. The summed E-state index contributed by atoms with van der Waals surface area (Å²) in [6, 6.07) is 5.43. The van der Waals surface area contributed by atoms with Gasteiger partial charge in [0.15, 0.2) is 5.82 Å². The number of amides is 1. The number of ether oxygens (including phenoxy) is 1. The van der Waals surface area contributed by atoms with E-state index in [4.69, 9.17) is 4.74 Å². The fourth-order valence-electron chi connectivity index (χ4n) is 3.13. The van der Waals surface area contributed by atoms with Gasteiger partial charge in [-0.05, 0) is 29.7 Å². The van der Waals surface area contributed by atoms with Crippen LogP contribution in [0.5, 0.6) is 6.01 Å². The number of nitrogens with zero attached hydrogens (tertiary/aromatic N) is 3. The Morgan fingerprint density at radius 1 is 1.21 bits per heavy atom. The number of aromatic nitrogens is 2. The Morgan fingerprint density at radius 2 is 1.96 bits per heavy atom. The van der Waals surface area contributed by atoms with Gasteiger partial charge in [0.05, 0.1) is 25.0 Å². The van der Waals surface area contributed by atoms with E-state index in [1.165, 1.54) is 17.0 Å². The van der Waals surface area contributed by atoms with E-state index in [1.54, 1.807) is 12.1 Å². The normalized spacial score (nSPS) is 18.9. The summed E-state index contributed by atoms with van der Waals surface area (Å²) in [4.78, 5) is 21.4. The molecule has 5 nitrogen and oxygen atoms in total. The third-order valence-corrected chi connectivity index (χ3v) is 4.50. The van der Waals surface area contributed by atoms with E-state index < -0.39 is 23.8 Å². The molecule has 1 fully saturated rings. The maximum absolute atomic E-state index is 13.9. The summed E-state index contributed by atoms with van der Waals surface area (Å²) in [7, 11) is 0. The van der Waals surface area contributed by atoms with Crippen LogP contribution in [-0.4, -0.2) is 40.1 Å². The molecule has 0 radical (unpaired) electrons. The summed E-state index contributed by atoms with van der Waals surface area (Å²) in [5.74, 6) is -1.21. The van der Waals surface area contributed by atoms with Gasteiger partial charge >= 0.3 is 6.01 Å².